The minimum atomic E-state index is -2.71. The Morgan fingerprint density at radius 2 is 1.97 bits per heavy atom. The second kappa shape index (κ2) is 10.3. The first-order valence-electron chi connectivity index (χ1n) is 11.2. The predicted molar refractivity (Wildman–Crippen MR) is 141 cm³/mol. The number of halogens is 3. The van der Waals surface area contributed by atoms with E-state index in [2.05, 4.69) is 22.9 Å². The Morgan fingerprint density at radius 3 is 2.61 bits per heavy atom. The summed E-state index contributed by atoms with van der Waals surface area (Å²) in [6.07, 6.45) is 2.41. The van der Waals surface area contributed by atoms with Gasteiger partial charge in [-0.2, -0.15) is 12.6 Å². The molecule has 0 spiro atoms. The van der Waals surface area contributed by atoms with Gasteiger partial charge in [0.25, 0.3) is 5.91 Å². The third-order valence-electron chi connectivity index (χ3n) is 6.36. The summed E-state index contributed by atoms with van der Waals surface area (Å²) in [5.41, 5.74) is 7.25. The van der Waals surface area contributed by atoms with Gasteiger partial charge in [0.2, 0.25) is 5.79 Å². The van der Waals surface area contributed by atoms with E-state index in [1.165, 1.54) is 32.2 Å². The lowest BCUT2D eigenvalue weighted by molar-refractivity contribution is -0.130. The molecule has 2 aliphatic rings. The third kappa shape index (κ3) is 4.30. The molecule has 0 fully saturated rings. The summed E-state index contributed by atoms with van der Waals surface area (Å²) < 4.78 is 32.2. The van der Waals surface area contributed by atoms with Crippen LogP contribution in [0, 0.1) is 0 Å². The van der Waals surface area contributed by atoms with Crippen molar-refractivity contribution < 1.29 is 18.4 Å². The first-order chi connectivity index (χ1) is 17.1. The zero-order valence-electron chi connectivity index (χ0n) is 19.6. The van der Waals surface area contributed by atoms with E-state index in [1.54, 1.807) is 36.4 Å². The number of carbonyl (C=O) groups excluding carboxylic acids is 2. The zero-order chi connectivity index (χ0) is 26.2. The molecule has 1 aliphatic heterocycles. The van der Waals surface area contributed by atoms with Crippen molar-refractivity contribution in [1.82, 2.24) is 5.32 Å². The predicted octanol–water partition coefficient (Wildman–Crippen LogP) is 3.79. The van der Waals surface area contributed by atoms with Crippen LogP contribution in [0.15, 0.2) is 77.1 Å². The fourth-order valence-electron chi connectivity index (χ4n) is 4.49. The number of benzodiazepines with no additional fused rings is 1. The number of nitrogens with two attached hydrogens (primary N) is 1. The lowest BCUT2D eigenvalue weighted by Crippen LogP contribution is -2.64. The standard InChI is InChI=1S/C26H25ClF2N4O2S/c1-14-8-10-18(28)24(31-2)26(14,29)33-20-11-9-16(27)12-17(20)21(15-6-4-3-5-7-15)32-22(25(33)35)23(34)19(30)13-36/h3-12,19,22,24,31,36H,13,30H2,1-2H3. The van der Waals surface area contributed by atoms with E-state index in [0.29, 0.717) is 16.1 Å². The van der Waals surface area contributed by atoms with Gasteiger partial charge in [0, 0.05) is 21.9 Å². The molecule has 36 heavy (non-hydrogen) atoms. The van der Waals surface area contributed by atoms with Crippen LogP contribution in [-0.4, -0.2) is 54.1 Å². The van der Waals surface area contributed by atoms with Crippen molar-refractivity contribution >= 4 is 47.3 Å². The highest BCUT2D eigenvalue weighted by Gasteiger charge is 2.55. The fraction of sp³-hybridized carbons (Fsp3) is 0.269. The van der Waals surface area contributed by atoms with Crippen molar-refractivity contribution in [3.63, 3.8) is 0 Å². The zero-order valence-corrected chi connectivity index (χ0v) is 21.2. The first kappa shape index (κ1) is 26.2. The number of benzene rings is 2. The minimum absolute atomic E-state index is 0.0478. The summed E-state index contributed by atoms with van der Waals surface area (Å²) in [5.74, 6) is -5.27. The topological polar surface area (TPSA) is 87.8 Å². The van der Waals surface area contributed by atoms with Crippen molar-refractivity contribution in [1.29, 1.82) is 0 Å². The van der Waals surface area contributed by atoms with Gasteiger partial charge in [0.05, 0.1) is 17.4 Å². The van der Waals surface area contributed by atoms with E-state index in [9.17, 15) is 14.0 Å². The Bertz CT molecular complexity index is 1300. The Balaban J connectivity index is 2.06. The maximum absolute atomic E-state index is 17.3. The van der Waals surface area contributed by atoms with E-state index in [4.69, 9.17) is 17.3 Å². The van der Waals surface area contributed by atoms with Gasteiger partial charge in [-0.3, -0.25) is 19.5 Å². The maximum atomic E-state index is 17.3. The van der Waals surface area contributed by atoms with Crippen LogP contribution in [-0.2, 0) is 9.59 Å². The number of carbonyl (C=O) groups is 2. The van der Waals surface area contributed by atoms with Crippen LogP contribution >= 0.6 is 24.2 Å². The molecule has 6 nitrogen and oxygen atoms in total. The molecule has 0 bridgehead atoms. The van der Waals surface area contributed by atoms with Crippen LogP contribution in [0.2, 0.25) is 5.02 Å². The van der Waals surface area contributed by atoms with E-state index in [1.807, 2.05) is 0 Å². The number of nitrogens with zero attached hydrogens (tertiary/aromatic N) is 2. The molecule has 2 aromatic carbocycles. The minimum Gasteiger partial charge on any atom is -0.321 e. The first-order valence-corrected chi connectivity index (χ1v) is 12.2. The van der Waals surface area contributed by atoms with Crippen molar-refractivity contribution in [2.45, 2.75) is 30.8 Å². The van der Waals surface area contributed by atoms with E-state index >= 15 is 4.39 Å². The number of alkyl halides is 1. The normalized spacial score (nSPS) is 24.8. The maximum Gasteiger partial charge on any atom is 0.262 e. The molecule has 4 unspecified atom stereocenters. The highest BCUT2D eigenvalue weighted by atomic mass is 35.5. The molecule has 3 N–H and O–H groups in total. The van der Waals surface area contributed by atoms with Gasteiger partial charge in [-0.1, -0.05) is 48.0 Å². The second-order valence-corrected chi connectivity index (χ2v) is 9.37. The van der Waals surface area contributed by atoms with Crippen molar-refractivity contribution in [3.8, 4) is 0 Å². The molecule has 2 aromatic rings. The number of Topliss-reactive ketones (excluding diaryl/α,β-unsaturated/α-hetero) is 1. The number of allylic oxidation sites excluding steroid dienone is 2. The Hall–Kier alpha value is -2.85. The highest BCUT2D eigenvalue weighted by Crippen LogP contribution is 2.44. The van der Waals surface area contributed by atoms with Gasteiger partial charge in [0.1, 0.15) is 11.9 Å². The van der Waals surface area contributed by atoms with Crippen LogP contribution < -0.4 is 16.0 Å². The molecular formula is C26H25ClF2N4O2S. The molecule has 4 rings (SSSR count). The average Bonchev–Trinajstić information content (AvgIpc) is 3.00. The third-order valence-corrected chi connectivity index (χ3v) is 6.99. The number of nitrogens with one attached hydrogen (secondary N) is 1. The molecular weight excluding hydrogens is 506 g/mol. The Kier molecular flexibility index (Phi) is 7.47. The van der Waals surface area contributed by atoms with Crippen LogP contribution in [0.3, 0.4) is 0 Å². The smallest absolute Gasteiger partial charge is 0.262 e. The second-order valence-electron chi connectivity index (χ2n) is 8.57. The SMILES string of the molecule is CNC1C(F)=CC=C(C)C1(F)N1C(=O)C(C(=O)C(N)CS)N=C(c2ccccc2)c2cc(Cl)ccc21. The van der Waals surface area contributed by atoms with Gasteiger partial charge in [-0.15, -0.1) is 0 Å². The van der Waals surface area contributed by atoms with Crippen LogP contribution in [0.1, 0.15) is 18.1 Å². The number of hydrogen-bond acceptors (Lipinski definition) is 6. The molecule has 0 radical (unpaired) electrons. The molecule has 1 amide bonds. The van der Waals surface area contributed by atoms with E-state index < -0.39 is 41.4 Å². The lowest BCUT2D eigenvalue weighted by Gasteiger charge is -2.44. The fourth-order valence-corrected chi connectivity index (χ4v) is 4.84. The Labute approximate surface area is 218 Å². The van der Waals surface area contributed by atoms with E-state index in [0.717, 1.165) is 11.0 Å². The largest absolute Gasteiger partial charge is 0.321 e. The molecule has 188 valence electrons. The molecule has 0 saturated carbocycles. The van der Waals surface area contributed by atoms with Crippen molar-refractivity contribution in [3.05, 3.63) is 88.2 Å². The number of likely N-dealkylation sites (N-methyl/N-ethyl adjacent to an activating group) is 1. The van der Waals surface area contributed by atoms with Crippen LogP contribution in [0.4, 0.5) is 14.5 Å². The summed E-state index contributed by atoms with van der Waals surface area (Å²) in [5, 5.41) is 2.94. The van der Waals surface area contributed by atoms with Crippen molar-refractivity contribution in [2.24, 2.45) is 10.7 Å². The van der Waals surface area contributed by atoms with Gasteiger partial charge < -0.3 is 11.1 Å². The average molecular weight is 531 g/mol. The number of fused-ring (bicyclic) bond motifs is 1. The number of hydrogen-bond donors (Lipinski definition) is 3. The van der Waals surface area contributed by atoms with Crippen molar-refractivity contribution in [2.75, 3.05) is 17.7 Å². The van der Waals surface area contributed by atoms with Crippen LogP contribution in [0.5, 0.6) is 0 Å². The summed E-state index contributed by atoms with van der Waals surface area (Å²) in [4.78, 5) is 32.8. The number of rotatable bonds is 6. The summed E-state index contributed by atoms with van der Waals surface area (Å²) in [6, 6.07) is 8.98. The number of ketones is 1. The molecule has 0 aromatic heterocycles. The highest BCUT2D eigenvalue weighted by molar-refractivity contribution is 7.80. The molecule has 1 aliphatic carbocycles. The summed E-state index contributed by atoms with van der Waals surface area (Å²) in [7, 11) is 1.39. The van der Waals surface area contributed by atoms with Gasteiger partial charge in [-0.25, -0.2) is 8.78 Å². The number of aliphatic imine (C=N–C) groups is 1. The Morgan fingerprint density at radius 1 is 1.28 bits per heavy atom. The summed E-state index contributed by atoms with van der Waals surface area (Å²) in [6.45, 7) is 1.45. The van der Waals surface area contributed by atoms with Gasteiger partial charge >= 0.3 is 0 Å². The molecule has 4 atom stereocenters. The quantitative estimate of drug-likeness (QED) is 0.301. The number of thiol groups is 1. The van der Waals surface area contributed by atoms with E-state index in [-0.39, 0.29) is 22.7 Å². The number of anilines is 1. The summed E-state index contributed by atoms with van der Waals surface area (Å²) >= 11 is 10.4. The molecule has 1 heterocycles. The number of amides is 1. The van der Waals surface area contributed by atoms with Gasteiger partial charge in [0.15, 0.2) is 11.8 Å². The lowest BCUT2D eigenvalue weighted by atomic mass is 9.88. The monoisotopic (exact) mass is 530 g/mol. The molecule has 0 saturated heterocycles. The van der Waals surface area contributed by atoms with Gasteiger partial charge in [-0.05, 0) is 43.8 Å². The van der Waals surface area contributed by atoms with Crippen LogP contribution in [0.25, 0.3) is 0 Å². The molecule has 10 heteroatoms.